The van der Waals surface area contributed by atoms with Crippen molar-refractivity contribution in [2.45, 2.75) is 13.8 Å². The number of methoxy groups -OCH3 is 2. The Hall–Kier alpha value is -4.40. The van der Waals surface area contributed by atoms with E-state index in [1.165, 1.54) is 14.2 Å². The van der Waals surface area contributed by atoms with Crippen LogP contribution < -0.4 is 15.8 Å². The Balaban J connectivity index is 2.21. The number of hydrogen-bond donors (Lipinski definition) is 3. The van der Waals surface area contributed by atoms with Gasteiger partial charge in [-0.25, -0.2) is 9.18 Å². The van der Waals surface area contributed by atoms with E-state index >= 15 is 0 Å². The van der Waals surface area contributed by atoms with Crippen molar-refractivity contribution < 1.29 is 28.2 Å². The Bertz CT molecular complexity index is 1330. The summed E-state index contributed by atoms with van der Waals surface area (Å²) >= 11 is 0. The van der Waals surface area contributed by atoms with Gasteiger partial charge in [-0.2, -0.15) is 0 Å². The molecule has 2 amide bonds. The standard InChI is InChI=1S/C25H24FN3O5/c1-12-10-16(29-24(31)13(2)26)7-9-17(12)20-14(3)28-22(23(27)30)21(20)15-6-8-18(25(32)34-5)19(11-15)33-4/h6-11,28H,2H2,1,3-5H3,(H2,27,30)(H,29,31). The largest absolute Gasteiger partial charge is 0.496 e. The lowest BCUT2D eigenvalue weighted by Crippen LogP contribution is -2.13. The molecule has 9 heteroatoms. The molecule has 0 aliphatic rings. The number of nitrogens with two attached hydrogens (primary N) is 1. The summed E-state index contributed by atoms with van der Waals surface area (Å²) in [4.78, 5) is 39.0. The summed E-state index contributed by atoms with van der Waals surface area (Å²) in [5.74, 6) is -2.98. The number of halogens is 1. The van der Waals surface area contributed by atoms with Gasteiger partial charge < -0.3 is 25.5 Å². The van der Waals surface area contributed by atoms with E-state index in [4.69, 9.17) is 15.2 Å². The van der Waals surface area contributed by atoms with Gasteiger partial charge in [-0.05, 0) is 54.8 Å². The van der Waals surface area contributed by atoms with E-state index < -0.39 is 23.6 Å². The van der Waals surface area contributed by atoms with Crippen molar-refractivity contribution in [2.24, 2.45) is 5.73 Å². The van der Waals surface area contributed by atoms with Crippen LogP contribution in [-0.2, 0) is 9.53 Å². The van der Waals surface area contributed by atoms with Crippen molar-refractivity contribution >= 4 is 23.5 Å². The number of nitrogens with one attached hydrogen (secondary N) is 2. The van der Waals surface area contributed by atoms with Gasteiger partial charge in [-0.15, -0.1) is 0 Å². The Labute approximate surface area is 195 Å². The fourth-order valence-corrected chi connectivity index (χ4v) is 3.78. The summed E-state index contributed by atoms with van der Waals surface area (Å²) in [6.45, 7) is 6.60. The summed E-state index contributed by atoms with van der Waals surface area (Å²) in [6.07, 6.45) is 0. The van der Waals surface area contributed by atoms with Gasteiger partial charge in [0.1, 0.15) is 17.0 Å². The highest BCUT2D eigenvalue weighted by Gasteiger charge is 2.24. The second-order valence-corrected chi connectivity index (χ2v) is 7.53. The van der Waals surface area contributed by atoms with E-state index in [9.17, 15) is 18.8 Å². The molecule has 0 radical (unpaired) electrons. The number of carbonyl (C=O) groups is 3. The summed E-state index contributed by atoms with van der Waals surface area (Å²) in [5.41, 5.74) is 10.5. The minimum atomic E-state index is -1.10. The van der Waals surface area contributed by atoms with Gasteiger partial charge in [0.25, 0.3) is 11.8 Å². The summed E-state index contributed by atoms with van der Waals surface area (Å²) in [5, 5.41) is 2.43. The number of anilines is 1. The molecular formula is C25H24FN3O5. The third-order valence-corrected chi connectivity index (χ3v) is 5.33. The second-order valence-electron chi connectivity index (χ2n) is 7.53. The fourth-order valence-electron chi connectivity index (χ4n) is 3.78. The molecule has 3 rings (SSSR count). The molecule has 0 saturated carbocycles. The zero-order valence-electron chi connectivity index (χ0n) is 19.2. The third-order valence-electron chi connectivity index (χ3n) is 5.33. The number of benzene rings is 2. The molecule has 0 aliphatic heterocycles. The van der Waals surface area contributed by atoms with Crippen LogP contribution in [0.3, 0.4) is 0 Å². The fraction of sp³-hybridized carbons (Fsp3) is 0.160. The van der Waals surface area contributed by atoms with Crippen LogP contribution in [0.15, 0.2) is 48.8 Å². The highest BCUT2D eigenvalue weighted by molar-refractivity contribution is 6.05. The van der Waals surface area contributed by atoms with Gasteiger partial charge in [0.15, 0.2) is 5.83 Å². The molecule has 0 bridgehead atoms. The lowest BCUT2D eigenvalue weighted by Gasteiger charge is -2.14. The zero-order chi connectivity index (χ0) is 25.2. The average Bonchev–Trinajstić information content (AvgIpc) is 3.15. The molecule has 0 aliphatic carbocycles. The van der Waals surface area contributed by atoms with Gasteiger partial charge in [-0.3, -0.25) is 9.59 Å². The molecule has 0 atom stereocenters. The van der Waals surface area contributed by atoms with Crippen molar-refractivity contribution in [1.29, 1.82) is 0 Å². The monoisotopic (exact) mass is 465 g/mol. The molecule has 0 saturated heterocycles. The first kappa shape index (κ1) is 24.2. The molecule has 34 heavy (non-hydrogen) atoms. The van der Waals surface area contributed by atoms with E-state index in [0.717, 1.165) is 11.1 Å². The predicted octanol–water partition coefficient (Wildman–Crippen LogP) is 4.28. The molecule has 0 fully saturated rings. The Morgan fingerprint density at radius 1 is 1.06 bits per heavy atom. The number of primary amides is 1. The number of ether oxygens (including phenoxy) is 2. The number of esters is 1. The minimum Gasteiger partial charge on any atom is -0.496 e. The molecule has 1 heterocycles. The molecule has 4 N–H and O–H groups in total. The lowest BCUT2D eigenvalue weighted by atomic mass is 9.91. The third kappa shape index (κ3) is 4.54. The van der Waals surface area contributed by atoms with E-state index in [-0.39, 0.29) is 17.0 Å². The lowest BCUT2D eigenvalue weighted by molar-refractivity contribution is -0.114. The van der Waals surface area contributed by atoms with Crippen LogP contribution in [0.2, 0.25) is 0 Å². The van der Waals surface area contributed by atoms with E-state index in [1.807, 2.05) is 6.92 Å². The number of aromatic nitrogens is 1. The number of H-pyrrole nitrogens is 1. The first-order chi connectivity index (χ1) is 16.1. The first-order valence-electron chi connectivity index (χ1n) is 10.1. The Kier molecular flexibility index (Phi) is 6.86. The summed E-state index contributed by atoms with van der Waals surface area (Å²) in [6, 6.07) is 9.88. The molecular weight excluding hydrogens is 441 g/mol. The quantitative estimate of drug-likeness (QED) is 0.355. The molecule has 0 spiro atoms. The maximum Gasteiger partial charge on any atom is 0.341 e. The van der Waals surface area contributed by atoms with Crippen LogP contribution >= 0.6 is 0 Å². The molecule has 176 valence electrons. The van der Waals surface area contributed by atoms with Crippen molar-refractivity contribution in [1.82, 2.24) is 4.98 Å². The van der Waals surface area contributed by atoms with Crippen LogP contribution in [0.25, 0.3) is 22.3 Å². The highest BCUT2D eigenvalue weighted by atomic mass is 19.1. The van der Waals surface area contributed by atoms with Gasteiger partial charge in [-0.1, -0.05) is 18.7 Å². The van der Waals surface area contributed by atoms with Crippen molar-refractivity contribution in [3.63, 3.8) is 0 Å². The smallest absolute Gasteiger partial charge is 0.341 e. The van der Waals surface area contributed by atoms with Crippen LogP contribution in [0.1, 0.15) is 32.1 Å². The number of rotatable bonds is 7. The first-order valence-corrected chi connectivity index (χ1v) is 10.1. The number of aromatic amines is 1. The summed E-state index contributed by atoms with van der Waals surface area (Å²) < 4.78 is 23.2. The van der Waals surface area contributed by atoms with E-state index in [1.54, 1.807) is 43.3 Å². The topological polar surface area (TPSA) is 124 Å². The number of amides is 2. The van der Waals surface area contributed by atoms with Gasteiger partial charge in [0, 0.05) is 22.5 Å². The Morgan fingerprint density at radius 3 is 2.32 bits per heavy atom. The van der Waals surface area contributed by atoms with Gasteiger partial charge in [0.2, 0.25) is 0 Å². The minimum absolute atomic E-state index is 0.186. The van der Waals surface area contributed by atoms with E-state index in [0.29, 0.717) is 28.1 Å². The van der Waals surface area contributed by atoms with Crippen molar-refractivity contribution in [3.05, 3.63) is 71.3 Å². The number of aryl methyl sites for hydroxylation is 2. The zero-order valence-corrected chi connectivity index (χ0v) is 19.2. The average molecular weight is 465 g/mol. The highest BCUT2D eigenvalue weighted by Crippen LogP contribution is 2.41. The predicted molar refractivity (Wildman–Crippen MR) is 126 cm³/mol. The maximum atomic E-state index is 13.1. The van der Waals surface area contributed by atoms with E-state index in [2.05, 4.69) is 16.9 Å². The van der Waals surface area contributed by atoms with Crippen LogP contribution in [0.5, 0.6) is 5.75 Å². The second kappa shape index (κ2) is 9.62. The van der Waals surface area contributed by atoms with Gasteiger partial charge in [0.05, 0.1) is 14.2 Å². The van der Waals surface area contributed by atoms with Crippen LogP contribution in [-0.4, -0.2) is 37.0 Å². The molecule has 1 aromatic heterocycles. The van der Waals surface area contributed by atoms with Crippen molar-refractivity contribution in [2.75, 3.05) is 19.5 Å². The molecule has 2 aromatic carbocycles. The molecule has 3 aromatic rings. The Morgan fingerprint density at radius 2 is 1.76 bits per heavy atom. The van der Waals surface area contributed by atoms with Gasteiger partial charge >= 0.3 is 5.97 Å². The van der Waals surface area contributed by atoms with Crippen molar-refractivity contribution in [3.8, 4) is 28.0 Å². The molecule has 0 unspecified atom stereocenters. The maximum absolute atomic E-state index is 13.1. The SMILES string of the molecule is C=C(F)C(=O)Nc1ccc(-c2c(C)[nH]c(C(N)=O)c2-c2ccc(C(=O)OC)c(OC)c2)c(C)c1. The van der Waals surface area contributed by atoms with Crippen LogP contribution in [0.4, 0.5) is 10.1 Å². The van der Waals surface area contributed by atoms with Crippen LogP contribution in [0, 0.1) is 13.8 Å². The normalized spacial score (nSPS) is 10.5. The number of carbonyl (C=O) groups excluding carboxylic acids is 3. The number of hydrogen-bond acceptors (Lipinski definition) is 5. The molecule has 8 nitrogen and oxygen atoms in total. The summed E-state index contributed by atoms with van der Waals surface area (Å²) in [7, 11) is 2.69.